The maximum absolute atomic E-state index is 14.0. The number of aliphatic carboxylic acids is 1. The van der Waals surface area contributed by atoms with E-state index in [0.29, 0.717) is 0 Å². The van der Waals surface area contributed by atoms with Crippen molar-refractivity contribution in [1.82, 2.24) is 9.88 Å². The summed E-state index contributed by atoms with van der Waals surface area (Å²) >= 11 is 0. The van der Waals surface area contributed by atoms with Crippen LogP contribution in [0.15, 0.2) is 24.4 Å². The number of hydrogen-bond acceptors (Lipinski definition) is 2. The lowest BCUT2D eigenvalue weighted by Crippen LogP contribution is -2.39. The molecule has 0 aliphatic carbocycles. The van der Waals surface area contributed by atoms with E-state index in [9.17, 15) is 14.0 Å². The molecular formula is C16H17FN2O3. The Labute approximate surface area is 126 Å². The number of carbonyl (C=O) groups excluding carboxylic acids is 1. The summed E-state index contributed by atoms with van der Waals surface area (Å²) in [4.78, 5) is 27.7. The van der Waals surface area contributed by atoms with Crippen LogP contribution in [0.2, 0.25) is 0 Å². The van der Waals surface area contributed by atoms with E-state index in [1.807, 2.05) is 25.1 Å². The van der Waals surface area contributed by atoms with E-state index in [1.54, 1.807) is 6.20 Å². The summed E-state index contributed by atoms with van der Waals surface area (Å²) in [5, 5.41) is 9.89. The van der Waals surface area contributed by atoms with Crippen molar-refractivity contribution in [2.45, 2.75) is 25.4 Å². The van der Waals surface area contributed by atoms with Crippen LogP contribution in [0, 0.1) is 6.92 Å². The minimum absolute atomic E-state index is 0.139. The Balaban J connectivity index is 1.79. The van der Waals surface area contributed by atoms with E-state index in [2.05, 4.69) is 4.98 Å². The normalized spacial score (nSPS) is 21.5. The van der Waals surface area contributed by atoms with Crippen LogP contribution in [0.5, 0.6) is 0 Å². The number of aromatic nitrogens is 1. The number of rotatable bonds is 3. The number of carbonyl (C=O) groups is 2. The zero-order valence-electron chi connectivity index (χ0n) is 12.2. The highest BCUT2D eigenvalue weighted by Gasteiger charge is 2.46. The lowest BCUT2D eigenvalue weighted by atomic mass is 10.0. The van der Waals surface area contributed by atoms with Gasteiger partial charge in [-0.2, -0.15) is 0 Å². The number of benzene rings is 1. The SMILES string of the molecule is Cc1cccc2[nH]cc(CC(=O)N3CCC(F)(C(=O)O)C3)c12. The number of hydrogen-bond donors (Lipinski definition) is 2. The van der Waals surface area contributed by atoms with Crippen LogP contribution in [0.1, 0.15) is 17.5 Å². The molecule has 116 valence electrons. The molecule has 5 nitrogen and oxygen atoms in total. The summed E-state index contributed by atoms with van der Waals surface area (Å²) in [6.45, 7) is 1.74. The van der Waals surface area contributed by atoms with E-state index < -0.39 is 11.6 Å². The lowest BCUT2D eigenvalue weighted by Gasteiger charge is -2.17. The predicted octanol–water partition coefficient (Wildman–Crippen LogP) is 2.04. The zero-order valence-corrected chi connectivity index (χ0v) is 12.2. The number of aryl methyl sites for hydroxylation is 1. The Hall–Kier alpha value is -2.37. The van der Waals surface area contributed by atoms with Crippen LogP contribution in [0.3, 0.4) is 0 Å². The Morgan fingerprint density at radius 2 is 2.23 bits per heavy atom. The van der Waals surface area contributed by atoms with Crippen molar-refractivity contribution in [3.63, 3.8) is 0 Å². The summed E-state index contributed by atoms with van der Waals surface area (Å²) < 4.78 is 14.0. The van der Waals surface area contributed by atoms with Crippen LogP contribution in [-0.4, -0.2) is 45.6 Å². The highest BCUT2D eigenvalue weighted by molar-refractivity contribution is 5.91. The molecule has 2 aromatic rings. The van der Waals surface area contributed by atoms with Gasteiger partial charge in [-0.15, -0.1) is 0 Å². The molecule has 1 amide bonds. The van der Waals surface area contributed by atoms with Gasteiger partial charge in [0.2, 0.25) is 11.6 Å². The van der Waals surface area contributed by atoms with E-state index in [-0.39, 0.29) is 31.8 Å². The summed E-state index contributed by atoms with van der Waals surface area (Å²) in [5.74, 6) is -1.74. The smallest absolute Gasteiger partial charge is 0.343 e. The van der Waals surface area contributed by atoms with Crippen molar-refractivity contribution >= 4 is 22.8 Å². The molecule has 2 heterocycles. The van der Waals surface area contributed by atoms with Gasteiger partial charge in [0.25, 0.3) is 0 Å². The van der Waals surface area contributed by atoms with E-state index in [4.69, 9.17) is 5.11 Å². The van der Waals surface area contributed by atoms with Crippen LogP contribution in [0.25, 0.3) is 10.9 Å². The molecule has 22 heavy (non-hydrogen) atoms. The molecular weight excluding hydrogens is 287 g/mol. The quantitative estimate of drug-likeness (QED) is 0.911. The number of H-pyrrole nitrogens is 1. The van der Waals surface area contributed by atoms with E-state index in [0.717, 1.165) is 22.0 Å². The third-order valence-electron chi connectivity index (χ3n) is 4.29. The largest absolute Gasteiger partial charge is 0.479 e. The van der Waals surface area contributed by atoms with Gasteiger partial charge < -0.3 is 15.0 Å². The second-order valence-corrected chi connectivity index (χ2v) is 5.82. The van der Waals surface area contributed by atoms with E-state index in [1.165, 1.54) is 4.90 Å². The summed E-state index contributed by atoms with van der Waals surface area (Å²) in [7, 11) is 0. The van der Waals surface area contributed by atoms with Crippen molar-refractivity contribution < 1.29 is 19.1 Å². The fourth-order valence-electron chi connectivity index (χ4n) is 3.03. The van der Waals surface area contributed by atoms with Crippen molar-refractivity contribution in [2.24, 2.45) is 0 Å². The van der Waals surface area contributed by atoms with Gasteiger partial charge in [0.05, 0.1) is 13.0 Å². The first kappa shape index (κ1) is 14.6. The monoisotopic (exact) mass is 304 g/mol. The maximum Gasteiger partial charge on any atom is 0.343 e. The highest BCUT2D eigenvalue weighted by Crippen LogP contribution is 2.28. The van der Waals surface area contributed by atoms with Crippen molar-refractivity contribution in [3.05, 3.63) is 35.5 Å². The minimum Gasteiger partial charge on any atom is -0.479 e. The maximum atomic E-state index is 14.0. The second kappa shape index (κ2) is 5.12. The Kier molecular flexibility index (Phi) is 3.39. The Morgan fingerprint density at radius 3 is 2.91 bits per heavy atom. The molecule has 1 aliphatic rings. The molecule has 0 radical (unpaired) electrons. The molecule has 0 saturated carbocycles. The van der Waals surface area contributed by atoms with Gasteiger partial charge in [-0.1, -0.05) is 12.1 Å². The first-order valence-corrected chi connectivity index (χ1v) is 7.16. The lowest BCUT2D eigenvalue weighted by molar-refractivity contribution is -0.150. The van der Waals surface area contributed by atoms with Crippen LogP contribution < -0.4 is 0 Å². The van der Waals surface area contributed by atoms with Gasteiger partial charge in [0.1, 0.15) is 0 Å². The number of carboxylic acids is 1. The highest BCUT2D eigenvalue weighted by atomic mass is 19.1. The molecule has 1 fully saturated rings. The molecule has 6 heteroatoms. The molecule has 1 aromatic heterocycles. The molecule has 1 saturated heterocycles. The molecule has 0 bridgehead atoms. The van der Waals surface area contributed by atoms with Gasteiger partial charge in [-0.25, -0.2) is 9.18 Å². The van der Waals surface area contributed by atoms with Crippen molar-refractivity contribution in [2.75, 3.05) is 13.1 Å². The third kappa shape index (κ3) is 2.34. The third-order valence-corrected chi connectivity index (χ3v) is 4.29. The zero-order chi connectivity index (χ0) is 15.9. The number of amides is 1. The van der Waals surface area contributed by atoms with Crippen LogP contribution in [0.4, 0.5) is 4.39 Å². The molecule has 2 N–H and O–H groups in total. The average Bonchev–Trinajstić information content (AvgIpc) is 3.05. The molecule has 3 rings (SSSR count). The standard InChI is InChI=1S/C16H17FN2O3/c1-10-3-2-4-12-14(10)11(8-18-12)7-13(20)19-6-5-16(17,9-19)15(21)22/h2-4,8,18H,5-7,9H2,1H3,(H,21,22). The van der Waals surface area contributed by atoms with Gasteiger partial charge >= 0.3 is 5.97 Å². The first-order chi connectivity index (χ1) is 10.4. The number of fused-ring (bicyclic) bond motifs is 1. The number of aromatic amines is 1. The molecule has 1 atom stereocenters. The van der Waals surface area contributed by atoms with Crippen LogP contribution >= 0.6 is 0 Å². The van der Waals surface area contributed by atoms with Gasteiger partial charge in [0, 0.05) is 30.1 Å². The summed E-state index contributed by atoms with van der Waals surface area (Å²) in [6.07, 6.45) is 1.77. The molecule has 1 unspecified atom stereocenters. The minimum atomic E-state index is -2.31. The average molecular weight is 304 g/mol. The summed E-state index contributed by atoms with van der Waals surface area (Å²) in [6, 6.07) is 5.84. The molecule has 0 spiro atoms. The van der Waals surface area contributed by atoms with Crippen molar-refractivity contribution in [3.8, 4) is 0 Å². The van der Waals surface area contributed by atoms with E-state index >= 15 is 0 Å². The number of halogens is 1. The number of carboxylic acid groups (broad SMARTS) is 1. The Bertz CT molecular complexity index is 755. The fourth-order valence-corrected chi connectivity index (χ4v) is 3.03. The van der Waals surface area contributed by atoms with Gasteiger partial charge in [-0.05, 0) is 24.1 Å². The first-order valence-electron chi connectivity index (χ1n) is 7.16. The fraction of sp³-hybridized carbons (Fsp3) is 0.375. The Morgan fingerprint density at radius 1 is 1.45 bits per heavy atom. The second-order valence-electron chi connectivity index (χ2n) is 5.82. The number of likely N-dealkylation sites (tertiary alicyclic amines) is 1. The molecule has 1 aliphatic heterocycles. The topological polar surface area (TPSA) is 73.4 Å². The van der Waals surface area contributed by atoms with Gasteiger partial charge in [-0.3, -0.25) is 4.79 Å². The molecule has 1 aromatic carbocycles. The number of nitrogens with zero attached hydrogens (tertiary/aromatic N) is 1. The van der Waals surface area contributed by atoms with Gasteiger partial charge in [0.15, 0.2) is 0 Å². The predicted molar refractivity (Wildman–Crippen MR) is 79.4 cm³/mol. The number of alkyl halides is 1. The number of nitrogens with one attached hydrogen (secondary N) is 1. The summed E-state index contributed by atoms with van der Waals surface area (Å²) in [5.41, 5.74) is 0.555. The van der Waals surface area contributed by atoms with Crippen LogP contribution in [-0.2, 0) is 16.0 Å². The van der Waals surface area contributed by atoms with Crippen molar-refractivity contribution in [1.29, 1.82) is 0 Å².